The Hall–Kier alpha value is -1.68. The van der Waals surface area contributed by atoms with Crippen LogP contribution in [0.2, 0.25) is 0 Å². The lowest BCUT2D eigenvalue weighted by molar-refractivity contribution is 0.419. The molecule has 1 heterocycles. The van der Waals surface area contributed by atoms with Crippen LogP contribution in [0.25, 0.3) is 5.69 Å². The normalized spacial score (nSPS) is 11.8. The standard InChI is InChI=1S/C15H20FN3/c1-11-7-12(16)5-6-14(11)19-10-17-8-13(19)9-18-15(2,3)4/h5-8,10,18H,9H2,1-4H3. The summed E-state index contributed by atoms with van der Waals surface area (Å²) >= 11 is 0. The largest absolute Gasteiger partial charge is 0.306 e. The summed E-state index contributed by atoms with van der Waals surface area (Å²) < 4.78 is 15.2. The molecule has 102 valence electrons. The summed E-state index contributed by atoms with van der Waals surface area (Å²) in [4.78, 5) is 4.19. The Morgan fingerprint density at radius 1 is 1.32 bits per heavy atom. The molecule has 0 saturated heterocycles. The molecule has 0 atom stereocenters. The summed E-state index contributed by atoms with van der Waals surface area (Å²) in [5, 5.41) is 3.43. The van der Waals surface area contributed by atoms with E-state index in [4.69, 9.17) is 0 Å². The highest BCUT2D eigenvalue weighted by molar-refractivity contribution is 5.41. The van der Waals surface area contributed by atoms with Crippen LogP contribution < -0.4 is 5.32 Å². The Bertz CT molecular complexity index is 567. The van der Waals surface area contributed by atoms with Crippen molar-refractivity contribution < 1.29 is 4.39 Å². The highest BCUT2D eigenvalue weighted by atomic mass is 19.1. The number of nitrogens with one attached hydrogen (secondary N) is 1. The zero-order valence-corrected chi connectivity index (χ0v) is 11.9. The summed E-state index contributed by atoms with van der Waals surface area (Å²) in [6, 6.07) is 4.80. The van der Waals surface area contributed by atoms with Crippen LogP contribution in [0.4, 0.5) is 4.39 Å². The molecule has 0 aliphatic carbocycles. The Morgan fingerprint density at radius 3 is 2.68 bits per heavy atom. The molecule has 3 nitrogen and oxygen atoms in total. The van der Waals surface area contributed by atoms with E-state index in [2.05, 4.69) is 31.1 Å². The van der Waals surface area contributed by atoms with Crippen LogP contribution in [0.3, 0.4) is 0 Å². The first-order valence-corrected chi connectivity index (χ1v) is 6.39. The van der Waals surface area contributed by atoms with Crippen LogP contribution >= 0.6 is 0 Å². The smallest absolute Gasteiger partial charge is 0.123 e. The van der Waals surface area contributed by atoms with Crippen LogP contribution in [-0.2, 0) is 6.54 Å². The van der Waals surface area contributed by atoms with Gasteiger partial charge in [-0.15, -0.1) is 0 Å². The molecular formula is C15H20FN3. The van der Waals surface area contributed by atoms with Crippen molar-refractivity contribution in [3.63, 3.8) is 0 Å². The molecule has 0 spiro atoms. The van der Waals surface area contributed by atoms with E-state index in [0.29, 0.717) is 0 Å². The van der Waals surface area contributed by atoms with Gasteiger partial charge in [0.25, 0.3) is 0 Å². The highest BCUT2D eigenvalue weighted by Crippen LogP contribution is 2.17. The molecule has 0 radical (unpaired) electrons. The van der Waals surface area contributed by atoms with Crippen molar-refractivity contribution >= 4 is 0 Å². The molecule has 0 amide bonds. The molecule has 0 fully saturated rings. The number of imidazole rings is 1. The third kappa shape index (κ3) is 3.41. The van der Waals surface area contributed by atoms with Gasteiger partial charge in [0.05, 0.1) is 12.0 Å². The maximum atomic E-state index is 13.2. The number of aromatic nitrogens is 2. The molecule has 1 N–H and O–H groups in total. The first-order valence-electron chi connectivity index (χ1n) is 6.39. The first kappa shape index (κ1) is 13.7. The summed E-state index contributed by atoms with van der Waals surface area (Å²) in [6.45, 7) is 8.99. The molecule has 0 unspecified atom stereocenters. The van der Waals surface area contributed by atoms with Crippen molar-refractivity contribution in [2.75, 3.05) is 0 Å². The van der Waals surface area contributed by atoms with Crippen LogP contribution in [-0.4, -0.2) is 15.1 Å². The summed E-state index contributed by atoms with van der Waals surface area (Å²) in [7, 11) is 0. The van der Waals surface area contributed by atoms with E-state index < -0.39 is 0 Å². The predicted octanol–water partition coefficient (Wildman–Crippen LogP) is 3.21. The van der Waals surface area contributed by atoms with Crippen LogP contribution in [0.5, 0.6) is 0 Å². The van der Waals surface area contributed by atoms with Crippen molar-refractivity contribution in [2.24, 2.45) is 0 Å². The second-order valence-corrected chi connectivity index (χ2v) is 5.79. The van der Waals surface area contributed by atoms with Crippen LogP contribution in [0.15, 0.2) is 30.7 Å². The van der Waals surface area contributed by atoms with E-state index in [1.165, 1.54) is 12.1 Å². The van der Waals surface area contributed by atoms with E-state index in [-0.39, 0.29) is 11.4 Å². The highest BCUT2D eigenvalue weighted by Gasteiger charge is 2.12. The average Bonchev–Trinajstić information content (AvgIpc) is 2.73. The summed E-state index contributed by atoms with van der Waals surface area (Å²) in [5.41, 5.74) is 2.97. The third-order valence-electron chi connectivity index (χ3n) is 2.93. The Balaban J connectivity index is 2.28. The number of rotatable bonds is 3. The molecule has 19 heavy (non-hydrogen) atoms. The SMILES string of the molecule is Cc1cc(F)ccc1-n1cncc1CNC(C)(C)C. The molecule has 1 aromatic heterocycles. The van der Waals surface area contributed by atoms with Gasteiger partial charge in [-0.3, -0.25) is 0 Å². The second-order valence-electron chi connectivity index (χ2n) is 5.79. The quantitative estimate of drug-likeness (QED) is 0.919. The number of halogens is 1. The maximum Gasteiger partial charge on any atom is 0.123 e. The lowest BCUT2D eigenvalue weighted by Gasteiger charge is -2.21. The minimum absolute atomic E-state index is 0.0486. The van der Waals surface area contributed by atoms with Crippen molar-refractivity contribution in [1.29, 1.82) is 0 Å². The topological polar surface area (TPSA) is 29.9 Å². The van der Waals surface area contributed by atoms with Gasteiger partial charge in [-0.25, -0.2) is 9.37 Å². The van der Waals surface area contributed by atoms with Gasteiger partial charge in [0.1, 0.15) is 5.82 Å². The van der Waals surface area contributed by atoms with Crippen molar-refractivity contribution in [2.45, 2.75) is 39.8 Å². The molecule has 0 aliphatic rings. The van der Waals surface area contributed by atoms with Crippen molar-refractivity contribution in [3.8, 4) is 5.69 Å². The molecule has 0 saturated carbocycles. The van der Waals surface area contributed by atoms with Gasteiger partial charge >= 0.3 is 0 Å². The monoisotopic (exact) mass is 261 g/mol. The molecule has 1 aromatic carbocycles. The van der Waals surface area contributed by atoms with Crippen molar-refractivity contribution in [3.05, 3.63) is 47.8 Å². The lowest BCUT2D eigenvalue weighted by atomic mass is 10.1. The Morgan fingerprint density at radius 2 is 2.05 bits per heavy atom. The molecule has 0 bridgehead atoms. The number of aryl methyl sites for hydroxylation is 1. The molecule has 2 aromatic rings. The Labute approximate surface area is 113 Å². The molecular weight excluding hydrogens is 241 g/mol. The maximum absolute atomic E-state index is 13.2. The van der Waals surface area contributed by atoms with Gasteiger partial charge < -0.3 is 9.88 Å². The number of benzene rings is 1. The molecule has 2 rings (SSSR count). The van der Waals surface area contributed by atoms with Gasteiger partial charge in [0.2, 0.25) is 0 Å². The van der Waals surface area contributed by atoms with Gasteiger partial charge in [-0.1, -0.05) is 0 Å². The second kappa shape index (κ2) is 5.13. The van der Waals surface area contributed by atoms with Gasteiger partial charge in [-0.2, -0.15) is 0 Å². The fourth-order valence-corrected chi connectivity index (χ4v) is 1.92. The van der Waals surface area contributed by atoms with Crippen LogP contribution in [0.1, 0.15) is 32.0 Å². The molecule has 4 heteroatoms. The van der Waals surface area contributed by atoms with Crippen LogP contribution in [0, 0.1) is 12.7 Å². The fraction of sp³-hybridized carbons (Fsp3) is 0.400. The predicted molar refractivity (Wildman–Crippen MR) is 74.9 cm³/mol. The summed E-state index contributed by atoms with van der Waals surface area (Å²) in [5.74, 6) is -0.212. The minimum Gasteiger partial charge on any atom is -0.306 e. The zero-order chi connectivity index (χ0) is 14.0. The van der Waals surface area contributed by atoms with E-state index in [1.54, 1.807) is 12.4 Å². The summed E-state index contributed by atoms with van der Waals surface area (Å²) in [6.07, 6.45) is 3.60. The third-order valence-corrected chi connectivity index (χ3v) is 2.93. The minimum atomic E-state index is -0.212. The lowest BCUT2D eigenvalue weighted by Crippen LogP contribution is -2.35. The number of nitrogens with zero attached hydrogens (tertiary/aromatic N) is 2. The van der Waals surface area contributed by atoms with E-state index in [1.807, 2.05) is 17.7 Å². The number of hydrogen-bond acceptors (Lipinski definition) is 2. The average molecular weight is 261 g/mol. The van der Waals surface area contributed by atoms with E-state index in [0.717, 1.165) is 23.5 Å². The zero-order valence-electron chi connectivity index (χ0n) is 11.9. The van der Waals surface area contributed by atoms with E-state index in [9.17, 15) is 4.39 Å². The molecule has 0 aliphatic heterocycles. The van der Waals surface area contributed by atoms with Gasteiger partial charge in [-0.05, 0) is 51.5 Å². The first-order chi connectivity index (χ1) is 8.87. The van der Waals surface area contributed by atoms with Gasteiger partial charge in [0, 0.05) is 24.0 Å². The Kier molecular flexibility index (Phi) is 3.71. The van der Waals surface area contributed by atoms with Crippen molar-refractivity contribution in [1.82, 2.24) is 14.9 Å². The van der Waals surface area contributed by atoms with Gasteiger partial charge in [0.15, 0.2) is 0 Å². The number of hydrogen-bond donors (Lipinski definition) is 1. The van der Waals surface area contributed by atoms with E-state index >= 15 is 0 Å². The fourth-order valence-electron chi connectivity index (χ4n) is 1.92.